The van der Waals surface area contributed by atoms with Crippen LogP contribution in [0.1, 0.15) is 94.9 Å². The van der Waals surface area contributed by atoms with Gasteiger partial charge in [-0.1, -0.05) is 20.8 Å². The molecule has 2 bridgehead atoms. The van der Waals surface area contributed by atoms with Gasteiger partial charge in [0.25, 0.3) is 0 Å². The number of allylic oxidation sites excluding steroid dienone is 1. The smallest absolute Gasteiger partial charge is 0.311 e. The first kappa shape index (κ1) is 40.1. The molecule has 4 aliphatic rings. The summed E-state index contributed by atoms with van der Waals surface area (Å²) in [6, 6.07) is -0.288. The summed E-state index contributed by atoms with van der Waals surface area (Å²) >= 11 is 0. The second-order valence-corrected chi connectivity index (χ2v) is 16.0. The minimum Gasteiger partial charge on any atom is -0.479 e. The third-order valence-corrected chi connectivity index (χ3v) is 11.3. The van der Waals surface area contributed by atoms with Crippen LogP contribution in [-0.2, 0) is 38.0 Å². The molecule has 4 rings (SSSR count). The fourth-order valence-electron chi connectivity index (χ4n) is 8.40. The van der Waals surface area contributed by atoms with E-state index in [1.807, 2.05) is 39.8 Å². The Morgan fingerprint density at radius 1 is 0.939 bits per heavy atom. The van der Waals surface area contributed by atoms with Gasteiger partial charge in [-0.2, -0.15) is 0 Å². The Kier molecular flexibility index (Phi) is 12.1. The van der Waals surface area contributed by atoms with E-state index in [1.54, 1.807) is 41.5 Å². The zero-order chi connectivity index (χ0) is 37.0. The van der Waals surface area contributed by atoms with Gasteiger partial charge in [-0.15, -0.1) is 0 Å². The number of likely N-dealkylation sites (N-methyl/N-ethyl adjacent to an activating group) is 1. The van der Waals surface area contributed by atoms with Crippen LogP contribution in [0.15, 0.2) is 11.3 Å². The molecular formula is C36H61NO12. The highest BCUT2D eigenvalue weighted by Gasteiger charge is 2.56. The molecule has 4 heterocycles. The van der Waals surface area contributed by atoms with Crippen LogP contribution in [0.2, 0.25) is 0 Å². The van der Waals surface area contributed by atoms with Gasteiger partial charge in [0.2, 0.25) is 11.4 Å². The Morgan fingerprint density at radius 2 is 1.57 bits per heavy atom. The van der Waals surface area contributed by atoms with Crippen LogP contribution in [0.5, 0.6) is 0 Å². The highest BCUT2D eigenvalue weighted by atomic mass is 16.7. The zero-order valence-corrected chi connectivity index (χ0v) is 31.3. The van der Waals surface area contributed by atoms with E-state index in [4.69, 9.17) is 28.4 Å². The SMILES string of the molecule is CC[C@H]1OC(=O)[C@H](C)[C@@H](O[C@H]2C[C@@](C)(O)[C@@H](O)[C@H](C)O2)[C@H](C)[C@@H](OC2O[C@H](C)C[C@H](N(C)C)[C@H]2O)[C@](C)(O)C[C@@H](C)C2=C(C)C(=O)C1(C)O2. The number of ether oxygens (including phenoxy) is 6. The van der Waals surface area contributed by atoms with E-state index in [-0.39, 0.29) is 30.8 Å². The quantitative estimate of drug-likeness (QED) is 0.298. The summed E-state index contributed by atoms with van der Waals surface area (Å²) < 4.78 is 37.8. The van der Waals surface area contributed by atoms with Gasteiger partial charge in [0.05, 0.1) is 41.5 Å². The average Bonchev–Trinajstić information content (AvgIpc) is 3.24. The number of hydrogen-bond donors (Lipinski definition) is 4. The molecule has 0 radical (unpaired) electrons. The van der Waals surface area contributed by atoms with Gasteiger partial charge in [-0.25, -0.2) is 0 Å². The lowest BCUT2D eigenvalue weighted by Gasteiger charge is -2.48. The second kappa shape index (κ2) is 14.7. The van der Waals surface area contributed by atoms with Crippen LogP contribution in [-0.4, -0.2) is 129 Å². The fourth-order valence-corrected chi connectivity index (χ4v) is 8.40. The molecule has 4 N–H and O–H groups in total. The first-order chi connectivity index (χ1) is 22.5. The number of rotatable bonds is 6. The molecule has 0 amide bonds. The number of carbonyl (C=O) groups is 2. The molecule has 49 heavy (non-hydrogen) atoms. The molecule has 0 aromatic heterocycles. The fraction of sp³-hybridized carbons (Fsp3) is 0.889. The highest BCUT2D eigenvalue weighted by Crippen LogP contribution is 2.44. The molecule has 13 nitrogen and oxygen atoms in total. The average molecular weight is 700 g/mol. The molecule has 0 aliphatic carbocycles. The van der Waals surface area contributed by atoms with Crippen molar-refractivity contribution in [2.24, 2.45) is 17.8 Å². The molecular weight excluding hydrogens is 638 g/mol. The molecule has 3 fully saturated rings. The molecule has 282 valence electrons. The van der Waals surface area contributed by atoms with E-state index < -0.39 is 89.7 Å². The topological polar surface area (TPSA) is 174 Å². The maximum absolute atomic E-state index is 14.1. The minimum absolute atomic E-state index is 0.0814. The highest BCUT2D eigenvalue weighted by molar-refractivity contribution is 6.04. The van der Waals surface area contributed by atoms with Crippen molar-refractivity contribution in [2.75, 3.05) is 14.1 Å². The van der Waals surface area contributed by atoms with Gasteiger partial charge in [0.1, 0.15) is 24.1 Å². The number of cyclic esters (lactones) is 1. The monoisotopic (exact) mass is 699 g/mol. The predicted octanol–water partition coefficient (Wildman–Crippen LogP) is 2.45. The molecule has 4 aliphatic heterocycles. The molecule has 0 aromatic carbocycles. The maximum atomic E-state index is 14.1. The lowest BCUT2D eigenvalue weighted by molar-refractivity contribution is -0.316. The van der Waals surface area contributed by atoms with Crippen LogP contribution in [0.4, 0.5) is 0 Å². The summed E-state index contributed by atoms with van der Waals surface area (Å²) in [6.45, 7) is 17.0. The van der Waals surface area contributed by atoms with Crippen LogP contribution >= 0.6 is 0 Å². The van der Waals surface area contributed by atoms with Crippen molar-refractivity contribution in [2.45, 2.75) is 173 Å². The standard InChI is InChI=1S/C36H61NO12/c1-13-24-36(10)29(39)19(4)27(49-36)17(2)15-35(9,43)31(48-33-26(38)23(37(11)12)14-18(3)44-33)20(5)28(21(6)32(41)46-24)47-25-16-34(8,42)30(40)22(7)45-25/h17-18,20-26,28,30-31,33,38,40,42-43H,13-16H2,1-12H3/t17-,18-,20+,21-,22+,23+,24-,25+,26-,28+,30+,31-,33?,34-,35-,36?/m1/s1. The Hall–Kier alpha value is -1.68. The lowest BCUT2D eigenvalue weighted by atomic mass is 9.77. The van der Waals surface area contributed by atoms with Gasteiger partial charge in [0.15, 0.2) is 12.6 Å². The van der Waals surface area contributed by atoms with E-state index in [9.17, 15) is 30.0 Å². The summed E-state index contributed by atoms with van der Waals surface area (Å²) in [5.74, 6) is -2.77. The van der Waals surface area contributed by atoms with Gasteiger partial charge in [0, 0.05) is 29.9 Å². The number of hydrogen-bond acceptors (Lipinski definition) is 13. The van der Waals surface area contributed by atoms with Crippen molar-refractivity contribution in [3.8, 4) is 0 Å². The number of aliphatic hydroxyl groups excluding tert-OH is 2. The number of nitrogens with zero attached hydrogens (tertiary/aromatic N) is 1. The largest absolute Gasteiger partial charge is 0.479 e. The van der Waals surface area contributed by atoms with Crippen molar-refractivity contribution in [3.05, 3.63) is 11.3 Å². The predicted molar refractivity (Wildman–Crippen MR) is 178 cm³/mol. The first-order valence-electron chi connectivity index (χ1n) is 17.8. The zero-order valence-electron chi connectivity index (χ0n) is 31.3. The van der Waals surface area contributed by atoms with Gasteiger partial charge in [-0.3, -0.25) is 9.59 Å². The van der Waals surface area contributed by atoms with Gasteiger partial charge in [-0.05, 0) is 81.8 Å². The molecule has 2 unspecified atom stereocenters. The Bertz CT molecular complexity index is 1240. The number of Topliss-reactive ketones (excluding diaryl/α,β-unsaturated/α-hetero) is 1. The Labute approximate surface area is 291 Å². The number of carbonyl (C=O) groups excluding carboxylic acids is 2. The van der Waals surface area contributed by atoms with Crippen LogP contribution in [0.25, 0.3) is 0 Å². The van der Waals surface area contributed by atoms with Crippen molar-refractivity contribution < 1.29 is 58.4 Å². The van der Waals surface area contributed by atoms with Gasteiger partial charge < -0.3 is 53.7 Å². The van der Waals surface area contributed by atoms with E-state index in [0.29, 0.717) is 24.2 Å². The van der Waals surface area contributed by atoms with Gasteiger partial charge >= 0.3 is 5.97 Å². The number of aliphatic hydroxyl groups is 4. The van der Waals surface area contributed by atoms with Crippen LogP contribution < -0.4 is 0 Å². The van der Waals surface area contributed by atoms with E-state index in [2.05, 4.69) is 0 Å². The number of ketones is 1. The molecule has 0 spiro atoms. The molecule has 0 aromatic rings. The van der Waals surface area contributed by atoms with Crippen molar-refractivity contribution in [3.63, 3.8) is 0 Å². The molecule has 3 saturated heterocycles. The lowest BCUT2D eigenvalue weighted by Crippen LogP contribution is -2.60. The van der Waals surface area contributed by atoms with Crippen LogP contribution in [0.3, 0.4) is 0 Å². The normalized spacial score (nSPS) is 48.8. The Balaban J connectivity index is 1.82. The summed E-state index contributed by atoms with van der Waals surface area (Å²) in [5.41, 5.74) is -4.26. The second-order valence-electron chi connectivity index (χ2n) is 16.0. The van der Waals surface area contributed by atoms with E-state index in [1.165, 1.54) is 6.92 Å². The van der Waals surface area contributed by atoms with Crippen molar-refractivity contribution in [1.82, 2.24) is 4.90 Å². The summed E-state index contributed by atoms with van der Waals surface area (Å²) in [7, 11) is 3.74. The van der Waals surface area contributed by atoms with Crippen LogP contribution in [0, 0.1) is 17.8 Å². The summed E-state index contributed by atoms with van der Waals surface area (Å²) in [6.07, 6.45) is -7.68. The van der Waals surface area contributed by atoms with E-state index in [0.717, 1.165) is 0 Å². The number of fused-ring (bicyclic) bond motifs is 2. The third-order valence-electron chi connectivity index (χ3n) is 11.3. The maximum Gasteiger partial charge on any atom is 0.311 e. The molecule has 16 atom stereocenters. The number of esters is 1. The molecule has 0 saturated carbocycles. The minimum atomic E-state index is -1.65. The van der Waals surface area contributed by atoms with E-state index >= 15 is 0 Å². The Morgan fingerprint density at radius 3 is 2.14 bits per heavy atom. The summed E-state index contributed by atoms with van der Waals surface area (Å²) in [4.78, 5) is 29.7. The van der Waals surface area contributed by atoms with Crippen molar-refractivity contribution >= 4 is 11.8 Å². The summed E-state index contributed by atoms with van der Waals surface area (Å²) in [5, 5.41) is 45.5. The first-order valence-corrected chi connectivity index (χ1v) is 17.8. The van der Waals surface area contributed by atoms with Crippen molar-refractivity contribution in [1.29, 1.82) is 0 Å². The molecule has 13 heteroatoms. The third kappa shape index (κ3) is 7.90.